The number of hydrogen-bond donors (Lipinski definition) is 1. The molecule has 0 saturated carbocycles. The molecule has 1 amide bonds. The second-order valence-corrected chi connectivity index (χ2v) is 9.94. The molecule has 0 spiro atoms. The van der Waals surface area contributed by atoms with Crippen molar-refractivity contribution in [2.24, 2.45) is 0 Å². The van der Waals surface area contributed by atoms with E-state index in [0.29, 0.717) is 16.6 Å². The number of benzene rings is 1. The quantitative estimate of drug-likeness (QED) is 0.691. The molecule has 30 heavy (non-hydrogen) atoms. The van der Waals surface area contributed by atoms with E-state index in [2.05, 4.69) is 31.2 Å². The van der Waals surface area contributed by atoms with Crippen molar-refractivity contribution < 1.29 is 4.79 Å². The van der Waals surface area contributed by atoms with Crippen molar-refractivity contribution in [2.75, 3.05) is 5.32 Å². The summed E-state index contributed by atoms with van der Waals surface area (Å²) in [5.41, 5.74) is 0.423. The molecule has 0 aliphatic rings. The Labute approximate surface area is 177 Å². The SMILES string of the molecule is CC(C)n1nc(C(=O)Nc2cc(C(C)(C)C)nn2C(C)(C)C)c2ccccc2c1=O. The third kappa shape index (κ3) is 4.01. The molecule has 2 heterocycles. The average molecular weight is 410 g/mol. The number of hydrogen-bond acceptors (Lipinski definition) is 4. The number of carbonyl (C=O) groups is 1. The average Bonchev–Trinajstić information content (AvgIpc) is 3.06. The van der Waals surface area contributed by atoms with Gasteiger partial charge in [-0.1, -0.05) is 39.0 Å². The Morgan fingerprint density at radius 3 is 2.13 bits per heavy atom. The molecule has 0 unspecified atom stereocenters. The fourth-order valence-corrected chi connectivity index (χ4v) is 3.25. The fourth-order valence-electron chi connectivity index (χ4n) is 3.25. The van der Waals surface area contributed by atoms with Gasteiger partial charge in [0.05, 0.1) is 22.7 Å². The van der Waals surface area contributed by atoms with Crippen molar-refractivity contribution in [1.29, 1.82) is 0 Å². The van der Waals surface area contributed by atoms with Gasteiger partial charge in [-0.25, -0.2) is 9.36 Å². The highest BCUT2D eigenvalue weighted by Crippen LogP contribution is 2.28. The van der Waals surface area contributed by atoms with E-state index in [4.69, 9.17) is 5.10 Å². The van der Waals surface area contributed by atoms with Crippen LogP contribution in [0, 0.1) is 0 Å². The Balaban J connectivity index is 2.14. The summed E-state index contributed by atoms with van der Waals surface area (Å²) < 4.78 is 3.19. The maximum absolute atomic E-state index is 13.3. The van der Waals surface area contributed by atoms with Gasteiger partial charge in [0.25, 0.3) is 11.5 Å². The molecule has 7 nitrogen and oxygen atoms in total. The van der Waals surface area contributed by atoms with Gasteiger partial charge in [-0.05, 0) is 40.7 Å². The Hall–Kier alpha value is -2.96. The highest BCUT2D eigenvalue weighted by molar-refractivity contribution is 6.10. The first kappa shape index (κ1) is 21.7. The number of aromatic nitrogens is 4. The van der Waals surface area contributed by atoms with Crippen molar-refractivity contribution in [1.82, 2.24) is 19.6 Å². The maximum atomic E-state index is 13.3. The van der Waals surface area contributed by atoms with Crippen LogP contribution in [0.3, 0.4) is 0 Å². The summed E-state index contributed by atoms with van der Waals surface area (Å²) >= 11 is 0. The first-order valence-corrected chi connectivity index (χ1v) is 10.2. The zero-order valence-electron chi connectivity index (χ0n) is 19.1. The van der Waals surface area contributed by atoms with E-state index < -0.39 is 0 Å². The molecule has 3 aromatic rings. The lowest BCUT2D eigenvalue weighted by molar-refractivity contribution is 0.102. The predicted molar refractivity (Wildman–Crippen MR) is 120 cm³/mol. The lowest BCUT2D eigenvalue weighted by Gasteiger charge is -2.23. The number of rotatable bonds is 3. The zero-order chi connectivity index (χ0) is 22.4. The molecular weight excluding hydrogens is 378 g/mol. The number of nitrogens with zero attached hydrogens (tertiary/aromatic N) is 4. The van der Waals surface area contributed by atoms with Crippen LogP contribution in [0.15, 0.2) is 35.1 Å². The van der Waals surface area contributed by atoms with Crippen LogP contribution in [-0.4, -0.2) is 25.5 Å². The zero-order valence-corrected chi connectivity index (χ0v) is 19.1. The van der Waals surface area contributed by atoms with Crippen LogP contribution in [0.25, 0.3) is 10.8 Å². The van der Waals surface area contributed by atoms with Crippen LogP contribution < -0.4 is 10.9 Å². The largest absolute Gasteiger partial charge is 0.305 e. The number of fused-ring (bicyclic) bond motifs is 1. The Bertz CT molecular complexity index is 1160. The highest BCUT2D eigenvalue weighted by atomic mass is 16.2. The van der Waals surface area contributed by atoms with Gasteiger partial charge in [0, 0.05) is 16.9 Å². The van der Waals surface area contributed by atoms with E-state index in [1.54, 1.807) is 24.3 Å². The van der Waals surface area contributed by atoms with E-state index in [-0.39, 0.29) is 34.2 Å². The first-order valence-electron chi connectivity index (χ1n) is 10.2. The predicted octanol–water partition coefficient (Wildman–Crippen LogP) is 4.48. The van der Waals surface area contributed by atoms with Gasteiger partial charge in [0.15, 0.2) is 5.69 Å². The summed E-state index contributed by atoms with van der Waals surface area (Å²) in [6, 6.07) is 8.82. The molecule has 7 heteroatoms. The molecule has 0 aliphatic heterocycles. The van der Waals surface area contributed by atoms with Crippen LogP contribution in [0.1, 0.15) is 77.6 Å². The lowest BCUT2D eigenvalue weighted by Crippen LogP contribution is -2.30. The van der Waals surface area contributed by atoms with Crippen LogP contribution in [-0.2, 0) is 11.0 Å². The molecule has 0 bridgehead atoms. The van der Waals surface area contributed by atoms with Crippen molar-refractivity contribution in [2.45, 2.75) is 72.4 Å². The van der Waals surface area contributed by atoms with E-state index in [9.17, 15) is 9.59 Å². The number of nitrogens with one attached hydrogen (secondary N) is 1. The first-order chi connectivity index (χ1) is 13.8. The summed E-state index contributed by atoms with van der Waals surface area (Å²) in [6.45, 7) is 16.1. The minimum absolute atomic E-state index is 0.161. The van der Waals surface area contributed by atoms with E-state index in [0.717, 1.165) is 5.69 Å². The molecule has 160 valence electrons. The normalized spacial score (nSPS) is 12.6. The molecule has 0 radical (unpaired) electrons. The molecule has 0 saturated heterocycles. The van der Waals surface area contributed by atoms with Gasteiger partial charge in [-0.2, -0.15) is 10.2 Å². The molecule has 3 rings (SSSR count). The molecule has 2 aromatic heterocycles. The summed E-state index contributed by atoms with van der Waals surface area (Å²) in [7, 11) is 0. The van der Waals surface area contributed by atoms with Gasteiger partial charge in [-0.15, -0.1) is 0 Å². The van der Waals surface area contributed by atoms with Crippen molar-refractivity contribution >= 4 is 22.5 Å². The van der Waals surface area contributed by atoms with Crippen LogP contribution >= 0.6 is 0 Å². The minimum Gasteiger partial charge on any atom is -0.305 e. The Kier molecular flexibility index (Phi) is 5.35. The van der Waals surface area contributed by atoms with Gasteiger partial charge < -0.3 is 5.32 Å². The van der Waals surface area contributed by atoms with Gasteiger partial charge in [0.2, 0.25) is 0 Å². The summed E-state index contributed by atoms with van der Waals surface area (Å²) in [6.07, 6.45) is 0. The van der Waals surface area contributed by atoms with E-state index in [1.807, 2.05) is 45.4 Å². The Morgan fingerprint density at radius 2 is 1.60 bits per heavy atom. The summed E-state index contributed by atoms with van der Waals surface area (Å²) in [5.74, 6) is 0.233. The van der Waals surface area contributed by atoms with Crippen molar-refractivity contribution in [3.05, 3.63) is 52.1 Å². The van der Waals surface area contributed by atoms with Crippen LogP contribution in [0.2, 0.25) is 0 Å². The number of anilines is 1. The molecular formula is C23H31N5O2. The Morgan fingerprint density at radius 1 is 1.00 bits per heavy atom. The smallest absolute Gasteiger partial charge is 0.277 e. The molecule has 0 aliphatic carbocycles. The fraction of sp³-hybridized carbons (Fsp3) is 0.478. The number of amides is 1. The minimum atomic E-state index is -0.369. The monoisotopic (exact) mass is 409 g/mol. The van der Waals surface area contributed by atoms with Crippen molar-refractivity contribution in [3.8, 4) is 0 Å². The summed E-state index contributed by atoms with van der Waals surface area (Å²) in [5, 5.41) is 13.2. The standard InChI is InChI=1S/C23H31N5O2/c1-14(2)27-21(30)16-12-10-9-11-15(16)19(26-27)20(29)24-18-13-17(22(3,4)5)25-28(18)23(6,7)8/h9-14H,1-8H3,(H,24,29). The van der Waals surface area contributed by atoms with Crippen molar-refractivity contribution in [3.63, 3.8) is 0 Å². The van der Waals surface area contributed by atoms with E-state index >= 15 is 0 Å². The van der Waals surface area contributed by atoms with Crippen LogP contribution in [0.4, 0.5) is 5.82 Å². The highest BCUT2D eigenvalue weighted by Gasteiger charge is 2.27. The second-order valence-electron chi connectivity index (χ2n) is 9.94. The van der Waals surface area contributed by atoms with Gasteiger partial charge in [0.1, 0.15) is 5.82 Å². The van der Waals surface area contributed by atoms with E-state index in [1.165, 1.54) is 4.68 Å². The lowest BCUT2D eigenvalue weighted by atomic mass is 9.92. The molecule has 0 fully saturated rings. The van der Waals surface area contributed by atoms with Crippen LogP contribution in [0.5, 0.6) is 0 Å². The third-order valence-electron chi connectivity index (χ3n) is 4.89. The topological polar surface area (TPSA) is 81.8 Å². The molecule has 0 atom stereocenters. The van der Waals surface area contributed by atoms with Gasteiger partial charge >= 0.3 is 0 Å². The maximum Gasteiger partial charge on any atom is 0.277 e. The summed E-state index contributed by atoms with van der Waals surface area (Å²) in [4.78, 5) is 26.1. The third-order valence-corrected chi connectivity index (χ3v) is 4.89. The second kappa shape index (κ2) is 7.38. The molecule has 1 aromatic carbocycles. The number of carbonyl (C=O) groups excluding carboxylic acids is 1. The molecule has 1 N–H and O–H groups in total. The van der Waals surface area contributed by atoms with Gasteiger partial charge in [-0.3, -0.25) is 9.59 Å².